The van der Waals surface area contributed by atoms with E-state index in [1.807, 2.05) is 13.8 Å². The van der Waals surface area contributed by atoms with Crippen molar-refractivity contribution in [2.45, 2.75) is 13.8 Å². The van der Waals surface area contributed by atoms with E-state index in [9.17, 15) is 18.8 Å². The molecule has 0 saturated heterocycles. The SMILES string of the molecule is CCN(CC)C(=O)c1ccc(NC(=O)COC(=O)c2ccc(F)cc2N)cc1. The Balaban J connectivity index is 1.91. The molecule has 0 saturated carbocycles. The Morgan fingerprint density at radius 2 is 1.71 bits per heavy atom. The normalized spacial score (nSPS) is 10.2. The summed E-state index contributed by atoms with van der Waals surface area (Å²) in [6.45, 7) is 4.49. The summed E-state index contributed by atoms with van der Waals surface area (Å²) >= 11 is 0. The molecule has 0 bridgehead atoms. The number of esters is 1. The van der Waals surface area contributed by atoms with Crippen LogP contribution in [0, 0.1) is 5.82 Å². The topological polar surface area (TPSA) is 102 Å². The number of ether oxygens (including phenoxy) is 1. The molecule has 7 nitrogen and oxygen atoms in total. The summed E-state index contributed by atoms with van der Waals surface area (Å²) in [6, 6.07) is 9.67. The number of hydrogen-bond donors (Lipinski definition) is 2. The van der Waals surface area contributed by atoms with E-state index in [0.717, 1.165) is 12.1 Å². The minimum Gasteiger partial charge on any atom is -0.452 e. The third kappa shape index (κ3) is 5.29. The van der Waals surface area contributed by atoms with Gasteiger partial charge in [-0.15, -0.1) is 0 Å². The number of rotatable bonds is 7. The number of nitrogens with two attached hydrogens (primary N) is 1. The fourth-order valence-electron chi connectivity index (χ4n) is 2.51. The van der Waals surface area contributed by atoms with Crippen LogP contribution in [-0.4, -0.2) is 42.4 Å². The predicted octanol–water partition coefficient (Wildman–Crippen LogP) is 2.69. The number of hydrogen-bond acceptors (Lipinski definition) is 5. The molecule has 0 aromatic heterocycles. The van der Waals surface area contributed by atoms with Crippen LogP contribution in [0.25, 0.3) is 0 Å². The highest BCUT2D eigenvalue weighted by atomic mass is 19.1. The largest absolute Gasteiger partial charge is 0.452 e. The summed E-state index contributed by atoms with van der Waals surface area (Å²) in [6.07, 6.45) is 0. The zero-order chi connectivity index (χ0) is 20.7. The van der Waals surface area contributed by atoms with Crippen molar-refractivity contribution >= 4 is 29.2 Å². The molecule has 0 aliphatic carbocycles. The predicted molar refractivity (Wildman–Crippen MR) is 103 cm³/mol. The first kappa shape index (κ1) is 20.9. The minimum absolute atomic E-state index is 0.0199. The number of amides is 2. The Morgan fingerprint density at radius 1 is 1.07 bits per heavy atom. The molecule has 8 heteroatoms. The number of nitrogens with one attached hydrogen (secondary N) is 1. The van der Waals surface area contributed by atoms with Crippen molar-refractivity contribution in [3.05, 3.63) is 59.4 Å². The molecule has 3 N–H and O–H groups in total. The van der Waals surface area contributed by atoms with Crippen molar-refractivity contribution in [3.63, 3.8) is 0 Å². The molecule has 0 aliphatic heterocycles. The first-order chi connectivity index (χ1) is 13.3. The highest BCUT2D eigenvalue weighted by Gasteiger charge is 2.15. The number of nitrogen functional groups attached to an aromatic ring is 1. The molecule has 0 unspecified atom stereocenters. The van der Waals surface area contributed by atoms with E-state index in [1.165, 1.54) is 6.07 Å². The summed E-state index contributed by atoms with van der Waals surface area (Å²) in [4.78, 5) is 37.8. The van der Waals surface area contributed by atoms with Gasteiger partial charge in [0.15, 0.2) is 6.61 Å². The van der Waals surface area contributed by atoms with Crippen LogP contribution in [0.1, 0.15) is 34.6 Å². The van der Waals surface area contributed by atoms with Crippen molar-refractivity contribution in [3.8, 4) is 0 Å². The molecular weight excluding hydrogens is 365 g/mol. The van der Waals surface area contributed by atoms with E-state index in [1.54, 1.807) is 29.2 Å². The maximum atomic E-state index is 13.0. The number of halogens is 1. The van der Waals surface area contributed by atoms with Crippen LogP contribution in [-0.2, 0) is 9.53 Å². The molecule has 0 aliphatic rings. The van der Waals surface area contributed by atoms with E-state index >= 15 is 0 Å². The number of carbonyl (C=O) groups excluding carboxylic acids is 3. The molecule has 148 valence electrons. The standard InChI is InChI=1S/C20H22FN3O4/c1-3-24(4-2)19(26)13-5-8-15(9-6-13)23-18(25)12-28-20(27)16-10-7-14(21)11-17(16)22/h5-11H,3-4,12,22H2,1-2H3,(H,23,25). The Morgan fingerprint density at radius 3 is 2.29 bits per heavy atom. The molecule has 28 heavy (non-hydrogen) atoms. The second-order valence-electron chi connectivity index (χ2n) is 5.91. The zero-order valence-corrected chi connectivity index (χ0v) is 15.7. The average molecular weight is 387 g/mol. The van der Waals surface area contributed by atoms with Gasteiger partial charge in [0.1, 0.15) is 5.82 Å². The lowest BCUT2D eigenvalue weighted by Crippen LogP contribution is -2.30. The van der Waals surface area contributed by atoms with Gasteiger partial charge in [0.2, 0.25) is 0 Å². The van der Waals surface area contributed by atoms with Crippen molar-refractivity contribution in [2.24, 2.45) is 0 Å². The van der Waals surface area contributed by atoms with Gasteiger partial charge in [-0.25, -0.2) is 9.18 Å². The Hall–Kier alpha value is -3.42. The third-order valence-corrected chi connectivity index (χ3v) is 4.03. The monoisotopic (exact) mass is 387 g/mol. The molecule has 0 radical (unpaired) electrons. The lowest BCUT2D eigenvalue weighted by Gasteiger charge is -2.18. The number of benzene rings is 2. The first-order valence-corrected chi connectivity index (χ1v) is 8.77. The summed E-state index contributed by atoms with van der Waals surface area (Å²) in [5.74, 6) is -2.05. The first-order valence-electron chi connectivity index (χ1n) is 8.77. The number of carbonyl (C=O) groups is 3. The molecule has 0 heterocycles. The van der Waals surface area contributed by atoms with Crippen LogP contribution in [0.4, 0.5) is 15.8 Å². The lowest BCUT2D eigenvalue weighted by atomic mass is 10.1. The van der Waals surface area contributed by atoms with Crippen LogP contribution < -0.4 is 11.1 Å². The highest BCUT2D eigenvalue weighted by Crippen LogP contribution is 2.15. The van der Waals surface area contributed by atoms with E-state index in [0.29, 0.717) is 24.3 Å². The van der Waals surface area contributed by atoms with E-state index in [4.69, 9.17) is 10.5 Å². The highest BCUT2D eigenvalue weighted by molar-refractivity contribution is 5.98. The van der Waals surface area contributed by atoms with E-state index in [2.05, 4.69) is 5.32 Å². The third-order valence-electron chi connectivity index (χ3n) is 4.03. The van der Waals surface area contributed by atoms with Crippen molar-refractivity contribution in [1.29, 1.82) is 0 Å². The molecule has 2 aromatic carbocycles. The fourth-order valence-corrected chi connectivity index (χ4v) is 2.51. The van der Waals surface area contributed by atoms with Gasteiger partial charge in [-0.3, -0.25) is 9.59 Å². The van der Waals surface area contributed by atoms with Gasteiger partial charge in [-0.05, 0) is 56.3 Å². The van der Waals surface area contributed by atoms with Crippen molar-refractivity contribution < 1.29 is 23.5 Å². The van der Waals surface area contributed by atoms with E-state index in [-0.39, 0.29) is 17.2 Å². The van der Waals surface area contributed by atoms with Crippen LogP contribution in [0.15, 0.2) is 42.5 Å². The van der Waals surface area contributed by atoms with E-state index < -0.39 is 24.3 Å². The number of anilines is 2. The molecule has 0 atom stereocenters. The molecule has 0 spiro atoms. The quantitative estimate of drug-likeness (QED) is 0.562. The molecule has 2 aromatic rings. The minimum atomic E-state index is -0.826. The second kappa shape index (κ2) is 9.50. The van der Waals surface area contributed by atoms with Crippen LogP contribution in [0.3, 0.4) is 0 Å². The summed E-state index contributed by atoms with van der Waals surface area (Å²) < 4.78 is 17.9. The molecule has 2 rings (SSSR count). The zero-order valence-electron chi connectivity index (χ0n) is 15.7. The van der Waals surface area contributed by atoms with Gasteiger partial charge < -0.3 is 20.7 Å². The molecular formula is C20H22FN3O4. The van der Waals surface area contributed by atoms with Gasteiger partial charge in [0.05, 0.1) is 5.56 Å². The van der Waals surface area contributed by atoms with Gasteiger partial charge in [-0.1, -0.05) is 0 Å². The summed E-state index contributed by atoms with van der Waals surface area (Å²) in [7, 11) is 0. The van der Waals surface area contributed by atoms with Crippen LogP contribution >= 0.6 is 0 Å². The second-order valence-corrected chi connectivity index (χ2v) is 5.91. The lowest BCUT2D eigenvalue weighted by molar-refractivity contribution is -0.119. The maximum absolute atomic E-state index is 13.0. The Kier molecular flexibility index (Phi) is 7.08. The van der Waals surface area contributed by atoms with Crippen LogP contribution in [0.5, 0.6) is 0 Å². The van der Waals surface area contributed by atoms with Gasteiger partial charge in [-0.2, -0.15) is 0 Å². The maximum Gasteiger partial charge on any atom is 0.340 e. The number of nitrogens with zero attached hydrogens (tertiary/aromatic N) is 1. The van der Waals surface area contributed by atoms with Gasteiger partial charge in [0.25, 0.3) is 11.8 Å². The summed E-state index contributed by atoms with van der Waals surface area (Å²) in [5.41, 5.74) is 6.44. The molecule has 0 fully saturated rings. The average Bonchev–Trinajstić information content (AvgIpc) is 2.67. The van der Waals surface area contributed by atoms with Gasteiger partial charge in [0, 0.05) is 30.0 Å². The molecule has 2 amide bonds. The Bertz CT molecular complexity index is 864. The van der Waals surface area contributed by atoms with Crippen molar-refractivity contribution in [2.75, 3.05) is 30.7 Å². The smallest absolute Gasteiger partial charge is 0.340 e. The Labute approximate surface area is 162 Å². The van der Waals surface area contributed by atoms with Crippen molar-refractivity contribution in [1.82, 2.24) is 4.90 Å². The summed E-state index contributed by atoms with van der Waals surface area (Å²) in [5, 5.41) is 2.56. The fraction of sp³-hybridized carbons (Fsp3) is 0.250. The van der Waals surface area contributed by atoms with Gasteiger partial charge >= 0.3 is 5.97 Å². The van der Waals surface area contributed by atoms with Crippen LogP contribution in [0.2, 0.25) is 0 Å².